The number of hydrogen-bond donors (Lipinski definition) is 1. The van der Waals surface area contributed by atoms with Crippen molar-refractivity contribution in [2.45, 2.75) is 44.4 Å². The SMILES string of the molecule is Cc1ccc(Cn2c(SCC(=O)N[C@H](C)CCc3ccccc3)nc3ccsc3c2=O)cc1. The summed E-state index contributed by atoms with van der Waals surface area (Å²) in [6.07, 6.45) is 1.79. The summed E-state index contributed by atoms with van der Waals surface area (Å²) >= 11 is 2.71. The average molecular weight is 478 g/mol. The summed E-state index contributed by atoms with van der Waals surface area (Å²) in [5.74, 6) is 0.160. The van der Waals surface area contributed by atoms with Crippen molar-refractivity contribution in [3.63, 3.8) is 0 Å². The van der Waals surface area contributed by atoms with Gasteiger partial charge in [-0.2, -0.15) is 0 Å². The standard InChI is InChI=1S/C26H27N3O2S2/c1-18-8-11-21(12-9-18)16-29-25(31)24-22(14-15-32-24)28-26(29)33-17-23(30)27-19(2)10-13-20-6-4-3-5-7-20/h3-9,11-12,14-15,19H,10,13,16-17H2,1-2H3,(H,27,30)/t19-/m1/s1. The number of carbonyl (C=O) groups excluding carboxylic acids is 1. The van der Waals surface area contributed by atoms with Crippen molar-refractivity contribution < 1.29 is 4.79 Å². The van der Waals surface area contributed by atoms with Gasteiger partial charge in [-0.3, -0.25) is 14.2 Å². The molecule has 170 valence electrons. The van der Waals surface area contributed by atoms with Gasteiger partial charge >= 0.3 is 0 Å². The third-order valence-corrected chi connectivity index (χ3v) is 7.31. The predicted octanol–water partition coefficient (Wildman–Crippen LogP) is 5.04. The van der Waals surface area contributed by atoms with Gasteiger partial charge in [-0.1, -0.05) is 71.9 Å². The van der Waals surface area contributed by atoms with Crippen molar-refractivity contribution in [1.29, 1.82) is 0 Å². The molecule has 4 rings (SSSR count). The summed E-state index contributed by atoms with van der Waals surface area (Å²) < 4.78 is 2.32. The molecule has 5 nitrogen and oxygen atoms in total. The molecule has 0 saturated carbocycles. The highest BCUT2D eigenvalue weighted by molar-refractivity contribution is 7.99. The van der Waals surface area contributed by atoms with Crippen LogP contribution in [0.5, 0.6) is 0 Å². The van der Waals surface area contributed by atoms with E-state index in [1.165, 1.54) is 34.2 Å². The number of thiophene rings is 1. The molecule has 0 aliphatic carbocycles. The van der Waals surface area contributed by atoms with Crippen molar-refractivity contribution in [2.24, 2.45) is 0 Å². The van der Waals surface area contributed by atoms with E-state index < -0.39 is 0 Å². The highest BCUT2D eigenvalue weighted by Gasteiger charge is 2.15. The molecule has 0 aliphatic rings. The number of benzene rings is 2. The van der Waals surface area contributed by atoms with Gasteiger partial charge in [0.15, 0.2) is 5.16 Å². The van der Waals surface area contributed by atoms with Gasteiger partial charge in [-0.15, -0.1) is 11.3 Å². The number of rotatable bonds is 9. The minimum atomic E-state index is -0.0605. The predicted molar refractivity (Wildman–Crippen MR) is 137 cm³/mol. The molecule has 4 aromatic rings. The molecule has 0 aliphatic heterocycles. The first-order chi connectivity index (χ1) is 16.0. The van der Waals surface area contributed by atoms with E-state index in [1.54, 1.807) is 4.57 Å². The highest BCUT2D eigenvalue weighted by atomic mass is 32.2. The number of nitrogens with one attached hydrogen (secondary N) is 1. The zero-order valence-electron chi connectivity index (χ0n) is 18.8. The van der Waals surface area contributed by atoms with E-state index >= 15 is 0 Å². The zero-order chi connectivity index (χ0) is 23.2. The molecule has 1 atom stereocenters. The topological polar surface area (TPSA) is 64.0 Å². The van der Waals surface area contributed by atoms with Gasteiger partial charge in [0.25, 0.3) is 5.56 Å². The molecule has 0 unspecified atom stereocenters. The van der Waals surface area contributed by atoms with Crippen LogP contribution in [0.25, 0.3) is 10.2 Å². The van der Waals surface area contributed by atoms with Crippen molar-refractivity contribution in [3.8, 4) is 0 Å². The third-order valence-electron chi connectivity index (χ3n) is 5.44. The minimum Gasteiger partial charge on any atom is -0.353 e. The number of hydrogen-bond acceptors (Lipinski definition) is 5. The van der Waals surface area contributed by atoms with E-state index in [-0.39, 0.29) is 23.3 Å². The van der Waals surface area contributed by atoms with E-state index in [9.17, 15) is 9.59 Å². The van der Waals surface area contributed by atoms with Crippen LogP contribution in [0.1, 0.15) is 30.0 Å². The first kappa shape index (κ1) is 23.3. The Hall–Kier alpha value is -2.90. The Morgan fingerprint density at radius 3 is 2.61 bits per heavy atom. The van der Waals surface area contributed by atoms with Crippen LogP contribution in [0.3, 0.4) is 0 Å². The van der Waals surface area contributed by atoms with Gasteiger partial charge in [0.2, 0.25) is 5.91 Å². The van der Waals surface area contributed by atoms with E-state index in [1.807, 2.05) is 67.8 Å². The molecule has 0 radical (unpaired) electrons. The molecule has 0 bridgehead atoms. The van der Waals surface area contributed by atoms with E-state index in [0.717, 1.165) is 18.4 Å². The van der Waals surface area contributed by atoms with Crippen LogP contribution < -0.4 is 10.9 Å². The Bertz CT molecular complexity index is 1280. The van der Waals surface area contributed by atoms with Crippen molar-refractivity contribution >= 4 is 39.2 Å². The second kappa shape index (κ2) is 10.8. The van der Waals surface area contributed by atoms with Crippen LogP contribution in [0.4, 0.5) is 0 Å². The second-order valence-corrected chi connectivity index (χ2v) is 10.0. The van der Waals surface area contributed by atoms with Gasteiger partial charge in [-0.25, -0.2) is 4.98 Å². The lowest BCUT2D eigenvalue weighted by atomic mass is 10.1. The molecule has 33 heavy (non-hydrogen) atoms. The first-order valence-electron chi connectivity index (χ1n) is 11.0. The van der Waals surface area contributed by atoms with Crippen molar-refractivity contribution in [3.05, 3.63) is 93.1 Å². The number of aromatic nitrogens is 2. The van der Waals surface area contributed by atoms with Gasteiger partial charge < -0.3 is 5.32 Å². The number of amides is 1. The quantitative estimate of drug-likeness (QED) is 0.271. The van der Waals surface area contributed by atoms with E-state index in [0.29, 0.717) is 21.9 Å². The lowest BCUT2D eigenvalue weighted by Crippen LogP contribution is -2.34. The third kappa shape index (κ3) is 6.12. The average Bonchev–Trinajstić information content (AvgIpc) is 3.29. The second-order valence-electron chi connectivity index (χ2n) is 8.19. The summed E-state index contributed by atoms with van der Waals surface area (Å²) in [6, 6.07) is 20.3. The van der Waals surface area contributed by atoms with E-state index in [4.69, 9.17) is 4.98 Å². The van der Waals surface area contributed by atoms with Crippen LogP contribution in [0.15, 0.2) is 76.0 Å². The highest BCUT2D eigenvalue weighted by Crippen LogP contribution is 2.22. The summed E-state index contributed by atoms with van der Waals surface area (Å²) in [4.78, 5) is 30.4. The van der Waals surface area contributed by atoms with Crippen LogP contribution in [-0.4, -0.2) is 27.3 Å². The zero-order valence-corrected chi connectivity index (χ0v) is 20.4. The minimum absolute atomic E-state index is 0.0536. The molecule has 1 amide bonds. The fourth-order valence-corrected chi connectivity index (χ4v) is 5.18. The monoisotopic (exact) mass is 477 g/mol. The molecular formula is C26H27N3O2S2. The number of thioether (sulfide) groups is 1. The van der Waals surface area contributed by atoms with Crippen molar-refractivity contribution in [2.75, 3.05) is 5.75 Å². The molecular weight excluding hydrogens is 450 g/mol. The van der Waals surface area contributed by atoms with Gasteiger partial charge in [0, 0.05) is 6.04 Å². The maximum absolute atomic E-state index is 13.1. The number of fused-ring (bicyclic) bond motifs is 1. The first-order valence-corrected chi connectivity index (χ1v) is 12.9. The summed E-state index contributed by atoms with van der Waals surface area (Å²) in [7, 11) is 0. The van der Waals surface area contributed by atoms with Crippen molar-refractivity contribution in [1.82, 2.24) is 14.9 Å². The lowest BCUT2D eigenvalue weighted by Gasteiger charge is -2.15. The fourth-order valence-electron chi connectivity index (χ4n) is 3.60. The summed E-state index contributed by atoms with van der Waals surface area (Å²) in [5, 5.41) is 5.52. The Morgan fingerprint density at radius 1 is 1.09 bits per heavy atom. The number of aryl methyl sites for hydroxylation is 2. The molecule has 2 aromatic heterocycles. The van der Waals surface area contributed by atoms with Gasteiger partial charge in [0.05, 0.1) is 17.8 Å². The molecule has 1 N–H and O–H groups in total. The smallest absolute Gasteiger partial charge is 0.272 e. The van der Waals surface area contributed by atoms with Crippen LogP contribution in [0.2, 0.25) is 0 Å². The molecule has 0 spiro atoms. The summed E-state index contributed by atoms with van der Waals surface area (Å²) in [5.41, 5.74) is 4.09. The maximum Gasteiger partial charge on any atom is 0.272 e. The number of carbonyl (C=O) groups is 1. The fraction of sp³-hybridized carbons (Fsp3) is 0.269. The Morgan fingerprint density at radius 2 is 1.85 bits per heavy atom. The largest absolute Gasteiger partial charge is 0.353 e. The molecule has 7 heteroatoms. The molecule has 2 aromatic carbocycles. The normalized spacial score (nSPS) is 12.1. The van der Waals surface area contributed by atoms with Crippen LogP contribution in [0, 0.1) is 6.92 Å². The Labute approximate surface area is 201 Å². The Balaban J connectivity index is 1.43. The maximum atomic E-state index is 13.1. The molecule has 2 heterocycles. The number of nitrogens with zero attached hydrogens (tertiary/aromatic N) is 2. The molecule has 0 fully saturated rings. The van der Waals surface area contributed by atoms with Crippen LogP contribution in [-0.2, 0) is 17.8 Å². The summed E-state index contributed by atoms with van der Waals surface area (Å²) in [6.45, 7) is 4.49. The molecule has 0 saturated heterocycles. The van der Waals surface area contributed by atoms with Gasteiger partial charge in [0.1, 0.15) is 4.70 Å². The van der Waals surface area contributed by atoms with Crippen LogP contribution >= 0.6 is 23.1 Å². The van der Waals surface area contributed by atoms with Gasteiger partial charge in [-0.05, 0) is 49.3 Å². The van der Waals surface area contributed by atoms with E-state index in [2.05, 4.69) is 17.4 Å². The lowest BCUT2D eigenvalue weighted by molar-refractivity contribution is -0.119. The Kier molecular flexibility index (Phi) is 7.62.